The Hall–Kier alpha value is -0.820. The molecule has 4 nitrogen and oxygen atoms in total. The molecule has 2 heterocycles. The number of halogens is 3. The zero-order chi connectivity index (χ0) is 16.4. The maximum absolute atomic E-state index is 12.2. The van der Waals surface area contributed by atoms with E-state index in [1.165, 1.54) is 4.90 Å². The SMILES string of the molecule is C[C@@H]1CN(C(=O)CCC(F)(F)F)CC[C@@]1(O)C1CCOCC1. The van der Waals surface area contributed by atoms with Crippen LogP contribution in [0.25, 0.3) is 0 Å². The molecule has 2 fully saturated rings. The normalized spacial score (nSPS) is 31.3. The van der Waals surface area contributed by atoms with Crippen LogP contribution >= 0.6 is 0 Å². The number of nitrogens with zero attached hydrogens (tertiary/aromatic N) is 1. The second-order valence-corrected chi connectivity index (χ2v) is 6.48. The Morgan fingerprint density at radius 1 is 1.36 bits per heavy atom. The molecule has 0 aromatic rings. The monoisotopic (exact) mass is 323 g/mol. The molecule has 2 rings (SSSR count). The number of carbonyl (C=O) groups is 1. The number of carbonyl (C=O) groups excluding carboxylic acids is 1. The fourth-order valence-electron chi connectivity index (χ4n) is 3.58. The zero-order valence-corrected chi connectivity index (χ0v) is 12.9. The standard InChI is InChI=1S/C15H24F3NO3/c1-11-10-19(13(20)2-5-15(16,17)18)7-6-14(11,21)12-3-8-22-9-4-12/h11-12,21H,2-10H2,1H3/t11-,14+/m1/s1. The maximum atomic E-state index is 12.2. The van der Waals surface area contributed by atoms with Gasteiger partial charge in [0.05, 0.1) is 12.0 Å². The molecule has 0 unspecified atom stereocenters. The Kier molecular flexibility index (Phi) is 5.37. The average Bonchev–Trinajstić information content (AvgIpc) is 2.48. The van der Waals surface area contributed by atoms with Gasteiger partial charge in [0.15, 0.2) is 0 Å². The van der Waals surface area contributed by atoms with Gasteiger partial charge in [0.1, 0.15) is 0 Å². The van der Waals surface area contributed by atoms with E-state index >= 15 is 0 Å². The number of likely N-dealkylation sites (tertiary alicyclic amines) is 1. The highest BCUT2D eigenvalue weighted by atomic mass is 19.4. The van der Waals surface area contributed by atoms with Crippen molar-refractivity contribution in [1.29, 1.82) is 0 Å². The molecule has 2 saturated heterocycles. The van der Waals surface area contributed by atoms with Gasteiger partial charge in [0.2, 0.25) is 5.91 Å². The summed E-state index contributed by atoms with van der Waals surface area (Å²) in [5.74, 6) is -0.471. The first-order chi connectivity index (χ1) is 10.2. The molecule has 0 radical (unpaired) electrons. The van der Waals surface area contributed by atoms with Crippen molar-refractivity contribution >= 4 is 5.91 Å². The van der Waals surface area contributed by atoms with Crippen LogP contribution in [0.3, 0.4) is 0 Å². The minimum Gasteiger partial charge on any atom is -0.389 e. The lowest BCUT2D eigenvalue weighted by Crippen LogP contribution is -2.56. The molecule has 0 aliphatic carbocycles. The van der Waals surface area contributed by atoms with Gasteiger partial charge in [-0.25, -0.2) is 0 Å². The lowest BCUT2D eigenvalue weighted by Gasteiger charge is -2.48. The molecule has 2 aliphatic heterocycles. The smallest absolute Gasteiger partial charge is 0.389 e. The van der Waals surface area contributed by atoms with Crippen molar-refractivity contribution in [3.8, 4) is 0 Å². The molecular formula is C15H24F3NO3. The lowest BCUT2D eigenvalue weighted by atomic mass is 9.70. The molecule has 0 saturated carbocycles. The highest BCUT2D eigenvalue weighted by Crippen LogP contribution is 2.39. The van der Waals surface area contributed by atoms with Crippen molar-refractivity contribution in [2.75, 3.05) is 26.3 Å². The zero-order valence-electron chi connectivity index (χ0n) is 12.9. The molecular weight excluding hydrogens is 299 g/mol. The van der Waals surface area contributed by atoms with E-state index < -0.39 is 30.5 Å². The third-order valence-electron chi connectivity index (χ3n) is 5.03. The fraction of sp³-hybridized carbons (Fsp3) is 0.933. The van der Waals surface area contributed by atoms with Crippen LogP contribution in [0.15, 0.2) is 0 Å². The van der Waals surface area contributed by atoms with Crippen molar-refractivity contribution in [1.82, 2.24) is 4.90 Å². The minimum absolute atomic E-state index is 0.140. The second kappa shape index (κ2) is 6.74. The van der Waals surface area contributed by atoms with Crippen molar-refractivity contribution < 1.29 is 27.8 Å². The van der Waals surface area contributed by atoms with Gasteiger partial charge < -0.3 is 14.7 Å². The predicted octanol–water partition coefficient (Wildman–Crippen LogP) is 2.36. The van der Waals surface area contributed by atoms with Gasteiger partial charge in [0.25, 0.3) is 0 Å². The number of hydrogen-bond acceptors (Lipinski definition) is 3. The van der Waals surface area contributed by atoms with Crippen LogP contribution in [0, 0.1) is 11.8 Å². The van der Waals surface area contributed by atoms with E-state index in [1.54, 1.807) is 0 Å². The fourth-order valence-corrected chi connectivity index (χ4v) is 3.58. The minimum atomic E-state index is -4.31. The van der Waals surface area contributed by atoms with E-state index in [4.69, 9.17) is 4.74 Å². The van der Waals surface area contributed by atoms with Gasteiger partial charge in [-0.15, -0.1) is 0 Å². The number of ether oxygens (including phenoxy) is 1. The predicted molar refractivity (Wildman–Crippen MR) is 74.1 cm³/mol. The highest BCUT2D eigenvalue weighted by molar-refractivity contribution is 5.76. The summed E-state index contributed by atoms with van der Waals surface area (Å²) in [6, 6.07) is 0. The van der Waals surface area contributed by atoms with Crippen molar-refractivity contribution in [3.63, 3.8) is 0 Å². The van der Waals surface area contributed by atoms with Gasteiger partial charge in [-0.3, -0.25) is 4.79 Å². The Balaban J connectivity index is 1.90. The third kappa shape index (κ3) is 4.13. The Labute approximate surface area is 128 Å². The molecule has 1 N–H and O–H groups in total. The van der Waals surface area contributed by atoms with Crippen LogP contribution in [0.5, 0.6) is 0 Å². The quantitative estimate of drug-likeness (QED) is 0.867. The summed E-state index contributed by atoms with van der Waals surface area (Å²) < 4.78 is 41.9. The number of amides is 1. The van der Waals surface area contributed by atoms with E-state index in [-0.39, 0.29) is 11.8 Å². The summed E-state index contributed by atoms with van der Waals surface area (Å²) in [6.45, 7) is 3.79. The van der Waals surface area contributed by atoms with Crippen LogP contribution in [-0.4, -0.2) is 54.0 Å². The highest BCUT2D eigenvalue weighted by Gasteiger charge is 2.46. The van der Waals surface area contributed by atoms with Crippen LogP contribution in [0.4, 0.5) is 13.2 Å². The van der Waals surface area contributed by atoms with Crippen molar-refractivity contribution in [3.05, 3.63) is 0 Å². The van der Waals surface area contributed by atoms with E-state index in [0.717, 1.165) is 12.8 Å². The average molecular weight is 323 g/mol. The summed E-state index contributed by atoms with van der Waals surface area (Å²) in [5.41, 5.74) is -0.843. The molecule has 22 heavy (non-hydrogen) atoms. The van der Waals surface area contributed by atoms with Gasteiger partial charge >= 0.3 is 6.18 Å². The number of hydrogen-bond donors (Lipinski definition) is 1. The van der Waals surface area contributed by atoms with Crippen LogP contribution in [0.1, 0.15) is 39.0 Å². The van der Waals surface area contributed by atoms with Crippen LogP contribution in [0.2, 0.25) is 0 Å². The largest absolute Gasteiger partial charge is 0.389 e. The van der Waals surface area contributed by atoms with Crippen LogP contribution < -0.4 is 0 Å². The molecule has 0 aromatic heterocycles. The summed E-state index contributed by atoms with van der Waals surface area (Å²) in [7, 11) is 0. The van der Waals surface area contributed by atoms with Crippen molar-refractivity contribution in [2.24, 2.45) is 11.8 Å². The molecule has 0 bridgehead atoms. The molecule has 128 valence electrons. The number of piperidine rings is 1. The molecule has 2 aliphatic rings. The van der Waals surface area contributed by atoms with E-state index in [0.29, 0.717) is 32.7 Å². The first kappa shape index (κ1) is 17.5. The topological polar surface area (TPSA) is 49.8 Å². The molecule has 7 heteroatoms. The summed E-state index contributed by atoms with van der Waals surface area (Å²) in [4.78, 5) is 13.4. The van der Waals surface area contributed by atoms with Gasteiger partial charge in [0, 0.05) is 38.6 Å². The molecule has 2 atom stereocenters. The molecule has 0 aromatic carbocycles. The number of alkyl halides is 3. The lowest BCUT2D eigenvalue weighted by molar-refractivity contribution is -0.159. The maximum Gasteiger partial charge on any atom is 0.389 e. The first-order valence-corrected chi connectivity index (χ1v) is 7.87. The van der Waals surface area contributed by atoms with Gasteiger partial charge in [-0.2, -0.15) is 13.2 Å². The molecule has 0 spiro atoms. The third-order valence-corrected chi connectivity index (χ3v) is 5.03. The number of rotatable bonds is 3. The second-order valence-electron chi connectivity index (χ2n) is 6.48. The summed E-state index contributed by atoms with van der Waals surface area (Å²) >= 11 is 0. The summed E-state index contributed by atoms with van der Waals surface area (Å²) in [6.07, 6.45) is -3.88. The van der Waals surface area contributed by atoms with E-state index in [9.17, 15) is 23.1 Å². The van der Waals surface area contributed by atoms with Crippen LogP contribution in [-0.2, 0) is 9.53 Å². The first-order valence-electron chi connectivity index (χ1n) is 7.87. The summed E-state index contributed by atoms with van der Waals surface area (Å²) in [5, 5.41) is 10.9. The van der Waals surface area contributed by atoms with Crippen molar-refractivity contribution in [2.45, 2.75) is 50.8 Å². The molecule has 1 amide bonds. The van der Waals surface area contributed by atoms with Gasteiger partial charge in [-0.05, 0) is 25.2 Å². The Morgan fingerprint density at radius 3 is 2.55 bits per heavy atom. The van der Waals surface area contributed by atoms with Gasteiger partial charge in [-0.1, -0.05) is 6.92 Å². The Morgan fingerprint density at radius 2 is 2.00 bits per heavy atom. The number of aliphatic hydroxyl groups is 1. The Bertz CT molecular complexity index is 396. The van der Waals surface area contributed by atoms with E-state index in [1.807, 2.05) is 6.92 Å². The van der Waals surface area contributed by atoms with E-state index in [2.05, 4.69) is 0 Å².